The van der Waals surface area contributed by atoms with Crippen LogP contribution in [0, 0.1) is 0 Å². The Hall–Kier alpha value is -3.23. The van der Waals surface area contributed by atoms with Crippen LogP contribution >= 0.6 is 0 Å². The lowest BCUT2D eigenvalue weighted by molar-refractivity contribution is 0.0598. The molecule has 2 amide bonds. The number of phenols is 1. The SMILES string of the molecule is O=C1c2cccc3cc(S(=O)(=O)[O-])cc(c23)C(=O)N1Cc1ccc(O)cc1. The van der Waals surface area contributed by atoms with E-state index in [9.17, 15) is 27.7 Å². The van der Waals surface area contributed by atoms with E-state index in [0.717, 1.165) is 11.0 Å². The second-order valence-corrected chi connectivity index (χ2v) is 7.57. The van der Waals surface area contributed by atoms with Crippen molar-refractivity contribution in [2.24, 2.45) is 0 Å². The maximum Gasteiger partial charge on any atom is 0.261 e. The van der Waals surface area contributed by atoms with Crippen molar-refractivity contribution in [2.75, 3.05) is 0 Å². The van der Waals surface area contributed by atoms with E-state index in [1.165, 1.54) is 18.2 Å². The molecule has 8 heteroatoms. The number of rotatable bonds is 3. The Morgan fingerprint density at radius 2 is 1.59 bits per heavy atom. The third-order valence-electron chi connectivity index (χ3n) is 4.47. The number of carbonyl (C=O) groups is 2. The van der Waals surface area contributed by atoms with Crippen LogP contribution in [0.25, 0.3) is 10.8 Å². The predicted molar refractivity (Wildman–Crippen MR) is 94.2 cm³/mol. The lowest BCUT2D eigenvalue weighted by Gasteiger charge is -2.28. The number of amides is 2. The summed E-state index contributed by atoms with van der Waals surface area (Å²) in [6.45, 7) is -0.0534. The monoisotopic (exact) mass is 382 g/mol. The minimum Gasteiger partial charge on any atom is -0.744 e. The van der Waals surface area contributed by atoms with Crippen molar-refractivity contribution < 1.29 is 27.7 Å². The van der Waals surface area contributed by atoms with E-state index in [1.807, 2.05) is 0 Å². The highest BCUT2D eigenvalue weighted by atomic mass is 32.2. The van der Waals surface area contributed by atoms with Gasteiger partial charge in [0, 0.05) is 16.5 Å². The molecule has 0 aliphatic carbocycles. The normalized spacial score (nSPS) is 14.0. The predicted octanol–water partition coefficient (Wildman–Crippen LogP) is 2.25. The maximum atomic E-state index is 12.9. The van der Waals surface area contributed by atoms with E-state index in [4.69, 9.17) is 0 Å². The van der Waals surface area contributed by atoms with Crippen LogP contribution in [0.3, 0.4) is 0 Å². The Bertz CT molecular complexity index is 1210. The molecule has 3 aromatic rings. The minimum absolute atomic E-state index is 0.00379. The highest BCUT2D eigenvalue weighted by Crippen LogP contribution is 2.33. The number of phenolic OH excluding ortho intramolecular Hbond substituents is 1. The molecule has 0 unspecified atom stereocenters. The number of hydrogen-bond donors (Lipinski definition) is 1. The Morgan fingerprint density at radius 3 is 2.26 bits per heavy atom. The van der Waals surface area contributed by atoms with Crippen molar-refractivity contribution in [2.45, 2.75) is 11.4 Å². The van der Waals surface area contributed by atoms with Gasteiger partial charge in [0.05, 0.1) is 11.4 Å². The minimum atomic E-state index is -4.77. The van der Waals surface area contributed by atoms with E-state index < -0.39 is 26.8 Å². The van der Waals surface area contributed by atoms with Gasteiger partial charge in [-0.3, -0.25) is 14.5 Å². The topological polar surface area (TPSA) is 115 Å². The number of carbonyl (C=O) groups excluding carboxylic acids is 2. The van der Waals surface area contributed by atoms with Crippen LogP contribution in [0.4, 0.5) is 0 Å². The van der Waals surface area contributed by atoms with Gasteiger partial charge in [-0.15, -0.1) is 0 Å². The first-order valence-electron chi connectivity index (χ1n) is 7.92. The van der Waals surface area contributed by atoms with Crippen LogP contribution in [0.1, 0.15) is 26.3 Å². The molecule has 7 nitrogen and oxygen atoms in total. The largest absolute Gasteiger partial charge is 0.744 e. The fourth-order valence-corrected chi connectivity index (χ4v) is 3.74. The van der Waals surface area contributed by atoms with Crippen LogP contribution in [0.5, 0.6) is 5.75 Å². The van der Waals surface area contributed by atoms with E-state index in [1.54, 1.807) is 30.3 Å². The van der Waals surface area contributed by atoms with Crippen molar-refractivity contribution in [3.63, 3.8) is 0 Å². The van der Waals surface area contributed by atoms with Gasteiger partial charge in [0.25, 0.3) is 11.8 Å². The summed E-state index contributed by atoms with van der Waals surface area (Å²) in [6.07, 6.45) is 0. The summed E-state index contributed by atoms with van der Waals surface area (Å²) < 4.78 is 34.4. The second-order valence-electron chi connectivity index (χ2n) is 6.19. The third-order valence-corrected chi connectivity index (χ3v) is 5.28. The zero-order chi connectivity index (χ0) is 19.3. The molecule has 1 heterocycles. The maximum absolute atomic E-state index is 12.9. The summed E-state index contributed by atoms with van der Waals surface area (Å²) in [6, 6.07) is 12.9. The second kappa shape index (κ2) is 5.90. The molecule has 0 atom stereocenters. The molecule has 1 aliphatic heterocycles. The Labute approximate surface area is 154 Å². The van der Waals surface area contributed by atoms with Gasteiger partial charge in [-0.2, -0.15) is 0 Å². The summed E-state index contributed by atoms with van der Waals surface area (Å²) in [7, 11) is -4.77. The Morgan fingerprint density at radius 1 is 0.926 bits per heavy atom. The van der Waals surface area contributed by atoms with E-state index in [-0.39, 0.29) is 23.4 Å². The van der Waals surface area contributed by atoms with Crippen molar-refractivity contribution in [1.29, 1.82) is 0 Å². The van der Waals surface area contributed by atoms with Crippen molar-refractivity contribution >= 4 is 32.7 Å². The highest BCUT2D eigenvalue weighted by Gasteiger charge is 2.33. The van der Waals surface area contributed by atoms with Gasteiger partial charge < -0.3 is 9.66 Å². The molecule has 136 valence electrons. The number of aromatic hydroxyl groups is 1. The summed E-state index contributed by atoms with van der Waals surface area (Å²) >= 11 is 0. The van der Waals surface area contributed by atoms with Gasteiger partial charge in [-0.05, 0) is 41.3 Å². The smallest absolute Gasteiger partial charge is 0.261 e. The van der Waals surface area contributed by atoms with Crippen LogP contribution < -0.4 is 0 Å². The van der Waals surface area contributed by atoms with Gasteiger partial charge in [-0.1, -0.05) is 24.3 Å². The zero-order valence-corrected chi connectivity index (χ0v) is 14.6. The fraction of sp³-hybridized carbons (Fsp3) is 0.0526. The molecule has 0 saturated heterocycles. The molecule has 1 aliphatic rings. The van der Waals surface area contributed by atoms with E-state index in [0.29, 0.717) is 16.3 Å². The standard InChI is InChI=1S/C19H13NO6S/c21-13-6-4-11(5-7-13)10-20-18(22)15-3-1-2-12-8-14(27(24,25)26)9-16(17(12)15)19(20)23/h1-9,21H,10H2,(H,24,25,26)/p-1. The molecule has 0 saturated carbocycles. The van der Waals surface area contributed by atoms with Gasteiger partial charge in [0.15, 0.2) is 0 Å². The quantitative estimate of drug-likeness (QED) is 0.549. The fourth-order valence-electron chi connectivity index (χ4n) is 3.20. The van der Waals surface area contributed by atoms with E-state index in [2.05, 4.69) is 0 Å². The van der Waals surface area contributed by atoms with Gasteiger partial charge in [-0.25, -0.2) is 8.42 Å². The van der Waals surface area contributed by atoms with Crippen LogP contribution in [-0.4, -0.2) is 34.8 Å². The summed E-state index contributed by atoms with van der Waals surface area (Å²) in [5.74, 6) is -1.14. The number of hydrogen-bond acceptors (Lipinski definition) is 6. The molecule has 27 heavy (non-hydrogen) atoms. The highest BCUT2D eigenvalue weighted by molar-refractivity contribution is 7.85. The van der Waals surface area contributed by atoms with Crippen LogP contribution in [0.15, 0.2) is 59.5 Å². The molecule has 4 rings (SSSR count). The van der Waals surface area contributed by atoms with Crippen molar-refractivity contribution in [1.82, 2.24) is 4.90 Å². The number of imide groups is 1. The number of benzene rings is 3. The Kier molecular flexibility index (Phi) is 3.76. The number of nitrogens with zero attached hydrogens (tertiary/aromatic N) is 1. The van der Waals surface area contributed by atoms with Crippen molar-refractivity contribution in [3.8, 4) is 5.75 Å². The summed E-state index contributed by atoms with van der Waals surface area (Å²) in [5.41, 5.74) is 0.865. The van der Waals surface area contributed by atoms with Gasteiger partial charge >= 0.3 is 0 Å². The molecule has 0 aromatic heterocycles. The van der Waals surface area contributed by atoms with E-state index >= 15 is 0 Å². The third kappa shape index (κ3) is 2.84. The molecule has 1 N–H and O–H groups in total. The first-order chi connectivity index (χ1) is 12.8. The molecule has 0 bridgehead atoms. The first kappa shape index (κ1) is 17.2. The molecule has 0 fully saturated rings. The average molecular weight is 382 g/mol. The lowest BCUT2D eigenvalue weighted by atomic mass is 9.94. The van der Waals surface area contributed by atoms with Crippen molar-refractivity contribution in [3.05, 3.63) is 71.3 Å². The van der Waals surface area contributed by atoms with Gasteiger partial charge in [0.2, 0.25) is 0 Å². The molecule has 0 radical (unpaired) electrons. The zero-order valence-electron chi connectivity index (χ0n) is 13.7. The molecule has 3 aromatic carbocycles. The summed E-state index contributed by atoms with van der Waals surface area (Å²) in [5, 5.41) is 10.0. The molecular formula is C19H12NO6S-. The van der Waals surface area contributed by atoms with Crippen LogP contribution in [0.2, 0.25) is 0 Å². The summed E-state index contributed by atoms with van der Waals surface area (Å²) in [4.78, 5) is 26.2. The Balaban J connectivity index is 1.88. The first-order valence-corrected chi connectivity index (χ1v) is 9.33. The average Bonchev–Trinajstić information content (AvgIpc) is 2.63. The lowest BCUT2D eigenvalue weighted by Crippen LogP contribution is -2.39. The van der Waals surface area contributed by atoms with Gasteiger partial charge in [0.1, 0.15) is 15.9 Å². The molecule has 0 spiro atoms. The molecular weight excluding hydrogens is 370 g/mol. The van der Waals surface area contributed by atoms with Crippen LogP contribution in [-0.2, 0) is 16.7 Å².